The van der Waals surface area contributed by atoms with Crippen molar-refractivity contribution in [2.75, 3.05) is 11.9 Å². The molecule has 0 aliphatic carbocycles. The maximum absolute atomic E-state index is 14.1. The largest absolute Gasteiger partial charge is 0.327 e. The monoisotopic (exact) mass is 430 g/mol. The summed E-state index contributed by atoms with van der Waals surface area (Å²) in [5.74, 6) is 0.428. The summed E-state index contributed by atoms with van der Waals surface area (Å²) in [7, 11) is 0. The van der Waals surface area contributed by atoms with Crippen molar-refractivity contribution in [2.24, 2.45) is 0 Å². The van der Waals surface area contributed by atoms with Gasteiger partial charge in [-0.15, -0.1) is 0 Å². The van der Waals surface area contributed by atoms with Crippen LogP contribution in [0.25, 0.3) is 11.0 Å². The molecule has 1 aromatic heterocycles. The molecular formula is C20H20BrFN4O. The third-order valence-corrected chi connectivity index (χ3v) is 5.48. The summed E-state index contributed by atoms with van der Waals surface area (Å²) in [4.78, 5) is 19.4. The Morgan fingerprint density at radius 1 is 1.33 bits per heavy atom. The molecule has 1 fully saturated rings. The smallest absolute Gasteiger partial charge is 0.322 e. The predicted octanol–water partition coefficient (Wildman–Crippen LogP) is 5.33. The van der Waals surface area contributed by atoms with Crippen LogP contribution in [0.3, 0.4) is 0 Å². The van der Waals surface area contributed by atoms with Crippen molar-refractivity contribution in [3.63, 3.8) is 0 Å². The molecule has 0 bridgehead atoms. The van der Waals surface area contributed by atoms with Gasteiger partial charge in [0.15, 0.2) is 0 Å². The van der Waals surface area contributed by atoms with Gasteiger partial charge in [-0.1, -0.05) is 28.1 Å². The number of aryl methyl sites for hydroxylation is 1. The molecule has 4 rings (SSSR count). The molecule has 0 saturated carbocycles. The summed E-state index contributed by atoms with van der Waals surface area (Å²) in [6, 6.07) is 12.2. The van der Waals surface area contributed by atoms with Gasteiger partial charge in [-0.25, -0.2) is 14.2 Å². The second kappa shape index (κ2) is 7.31. The van der Waals surface area contributed by atoms with E-state index >= 15 is 0 Å². The van der Waals surface area contributed by atoms with Crippen LogP contribution in [0.15, 0.2) is 46.9 Å². The molecule has 0 radical (unpaired) electrons. The lowest BCUT2D eigenvalue weighted by atomic mass is 10.2. The second-order valence-electron chi connectivity index (χ2n) is 6.61. The fourth-order valence-corrected chi connectivity index (χ4v) is 4.07. The number of anilines is 1. The van der Waals surface area contributed by atoms with Crippen molar-refractivity contribution in [2.45, 2.75) is 32.4 Å². The van der Waals surface area contributed by atoms with Crippen LogP contribution in [0, 0.1) is 5.82 Å². The number of fused-ring (bicyclic) bond motifs is 1. The summed E-state index contributed by atoms with van der Waals surface area (Å²) >= 11 is 3.23. The maximum atomic E-state index is 14.1. The Morgan fingerprint density at radius 3 is 2.93 bits per heavy atom. The molecule has 1 saturated heterocycles. The Labute approximate surface area is 165 Å². The number of urea groups is 1. The highest BCUT2D eigenvalue weighted by Gasteiger charge is 2.33. The third-order valence-electron chi connectivity index (χ3n) is 4.98. The van der Waals surface area contributed by atoms with E-state index in [4.69, 9.17) is 4.98 Å². The molecule has 2 aromatic carbocycles. The summed E-state index contributed by atoms with van der Waals surface area (Å²) in [6.07, 6.45) is 1.74. The number of carbonyl (C=O) groups excluding carboxylic acids is 1. The molecular weight excluding hydrogens is 411 g/mol. The van der Waals surface area contributed by atoms with E-state index in [1.54, 1.807) is 17.0 Å². The van der Waals surface area contributed by atoms with Gasteiger partial charge < -0.3 is 14.8 Å². The molecule has 1 unspecified atom stereocenters. The topological polar surface area (TPSA) is 50.2 Å². The first-order valence-electron chi connectivity index (χ1n) is 9.06. The lowest BCUT2D eigenvalue weighted by Crippen LogP contribution is -2.35. The number of para-hydroxylation sites is 2. The van der Waals surface area contributed by atoms with Crippen molar-refractivity contribution in [1.82, 2.24) is 14.5 Å². The minimum Gasteiger partial charge on any atom is -0.327 e. The van der Waals surface area contributed by atoms with Crippen LogP contribution in [-0.4, -0.2) is 27.0 Å². The molecule has 1 aliphatic rings. The molecule has 0 spiro atoms. The van der Waals surface area contributed by atoms with Crippen LogP contribution in [0.2, 0.25) is 0 Å². The van der Waals surface area contributed by atoms with E-state index in [0.717, 1.165) is 36.2 Å². The Kier molecular flexibility index (Phi) is 4.86. The van der Waals surface area contributed by atoms with E-state index in [2.05, 4.69) is 32.7 Å². The molecule has 3 aromatic rings. The number of hydrogen-bond acceptors (Lipinski definition) is 2. The SMILES string of the molecule is CCn1c(C2CCCN2C(=O)Nc2ccc(Br)cc2F)nc2ccccc21. The third kappa shape index (κ3) is 3.32. The first-order valence-corrected chi connectivity index (χ1v) is 9.85. The first kappa shape index (κ1) is 18.0. The highest BCUT2D eigenvalue weighted by molar-refractivity contribution is 9.10. The van der Waals surface area contributed by atoms with Gasteiger partial charge in [-0.2, -0.15) is 0 Å². The predicted molar refractivity (Wildman–Crippen MR) is 107 cm³/mol. The van der Waals surface area contributed by atoms with Crippen LogP contribution >= 0.6 is 15.9 Å². The van der Waals surface area contributed by atoms with E-state index in [1.807, 2.05) is 24.3 Å². The molecule has 1 N–H and O–H groups in total. The number of halogens is 2. The zero-order chi connectivity index (χ0) is 19.0. The summed E-state index contributed by atoms with van der Waals surface area (Å²) in [5, 5.41) is 2.70. The highest BCUT2D eigenvalue weighted by atomic mass is 79.9. The van der Waals surface area contributed by atoms with Crippen molar-refractivity contribution in [1.29, 1.82) is 0 Å². The minimum absolute atomic E-state index is 0.115. The molecule has 2 heterocycles. The second-order valence-corrected chi connectivity index (χ2v) is 7.52. The molecule has 5 nitrogen and oxygen atoms in total. The van der Waals surface area contributed by atoms with E-state index in [9.17, 15) is 9.18 Å². The number of hydrogen-bond donors (Lipinski definition) is 1. The van der Waals surface area contributed by atoms with Crippen LogP contribution in [0.4, 0.5) is 14.9 Å². The van der Waals surface area contributed by atoms with E-state index < -0.39 is 5.82 Å². The van der Waals surface area contributed by atoms with Gasteiger partial charge in [-0.05, 0) is 50.1 Å². The number of imidazole rings is 1. The number of amides is 2. The lowest BCUT2D eigenvalue weighted by Gasteiger charge is -2.25. The van der Waals surface area contributed by atoms with Crippen LogP contribution in [0.1, 0.15) is 31.6 Å². The standard InChI is InChI=1S/C20H20BrFN4O/c1-2-25-17-7-4-3-6-16(17)23-19(25)18-8-5-11-26(18)20(27)24-15-10-9-13(21)12-14(15)22/h3-4,6-7,9-10,12,18H,2,5,8,11H2,1H3,(H,24,27). The van der Waals surface area contributed by atoms with Gasteiger partial charge in [0, 0.05) is 17.6 Å². The fraction of sp³-hybridized carbons (Fsp3) is 0.300. The van der Waals surface area contributed by atoms with Gasteiger partial charge in [0.2, 0.25) is 0 Å². The number of nitrogens with zero attached hydrogens (tertiary/aromatic N) is 3. The zero-order valence-corrected chi connectivity index (χ0v) is 16.5. The average Bonchev–Trinajstić information content (AvgIpc) is 3.27. The van der Waals surface area contributed by atoms with Gasteiger partial charge >= 0.3 is 6.03 Å². The summed E-state index contributed by atoms with van der Waals surface area (Å²) in [5.41, 5.74) is 2.18. The Hall–Kier alpha value is -2.41. The zero-order valence-electron chi connectivity index (χ0n) is 15.0. The van der Waals surface area contributed by atoms with Crippen molar-refractivity contribution >= 4 is 38.7 Å². The molecule has 2 amide bonds. The fourth-order valence-electron chi connectivity index (χ4n) is 3.74. The average molecular weight is 431 g/mol. The maximum Gasteiger partial charge on any atom is 0.322 e. The first-order chi connectivity index (χ1) is 13.1. The van der Waals surface area contributed by atoms with Gasteiger partial charge in [0.05, 0.1) is 22.8 Å². The minimum atomic E-state index is -0.464. The van der Waals surface area contributed by atoms with Gasteiger partial charge in [0.1, 0.15) is 11.6 Å². The number of aromatic nitrogens is 2. The Balaban J connectivity index is 1.63. The van der Waals surface area contributed by atoms with Crippen molar-refractivity contribution < 1.29 is 9.18 Å². The Morgan fingerprint density at radius 2 is 2.15 bits per heavy atom. The normalized spacial score (nSPS) is 16.9. The molecule has 1 atom stereocenters. The Bertz CT molecular complexity index is 1000. The number of benzene rings is 2. The van der Waals surface area contributed by atoms with Gasteiger partial charge in [-0.3, -0.25) is 0 Å². The van der Waals surface area contributed by atoms with Crippen LogP contribution in [-0.2, 0) is 6.54 Å². The van der Waals surface area contributed by atoms with Gasteiger partial charge in [0.25, 0.3) is 0 Å². The van der Waals surface area contributed by atoms with E-state index in [0.29, 0.717) is 11.0 Å². The number of likely N-dealkylation sites (tertiary alicyclic amines) is 1. The van der Waals surface area contributed by atoms with E-state index in [1.165, 1.54) is 6.07 Å². The van der Waals surface area contributed by atoms with Crippen LogP contribution in [0.5, 0.6) is 0 Å². The summed E-state index contributed by atoms with van der Waals surface area (Å²) in [6.45, 7) is 3.49. The number of carbonyl (C=O) groups is 1. The number of nitrogens with one attached hydrogen (secondary N) is 1. The highest BCUT2D eigenvalue weighted by Crippen LogP contribution is 2.34. The molecule has 7 heteroatoms. The lowest BCUT2D eigenvalue weighted by molar-refractivity contribution is 0.204. The van der Waals surface area contributed by atoms with Crippen LogP contribution < -0.4 is 5.32 Å². The molecule has 1 aliphatic heterocycles. The van der Waals surface area contributed by atoms with E-state index in [-0.39, 0.29) is 17.8 Å². The summed E-state index contributed by atoms with van der Waals surface area (Å²) < 4.78 is 16.9. The quantitative estimate of drug-likeness (QED) is 0.610. The number of rotatable bonds is 3. The molecule has 27 heavy (non-hydrogen) atoms. The van der Waals surface area contributed by atoms with Crippen molar-refractivity contribution in [3.05, 3.63) is 58.6 Å². The van der Waals surface area contributed by atoms with Crippen molar-refractivity contribution in [3.8, 4) is 0 Å². The molecule has 140 valence electrons.